The molecule has 0 bridgehead atoms. The number of aromatic amines is 2. The number of nitrogens with one attached hydrogen (secondary N) is 3. The number of benzene rings is 2. The summed E-state index contributed by atoms with van der Waals surface area (Å²) in [6.07, 6.45) is 0. The molecule has 0 atom stereocenters. The maximum absolute atomic E-state index is 12.4. The molecule has 0 spiro atoms. The number of H-pyrrole nitrogens is 2. The highest BCUT2D eigenvalue weighted by molar-refractivity contribution is 6.11. The predicted molar refractivity (Wildman–Crippen MR) is 79.4 cm³/mol. The van der Waals surface area contributed by atoms with Crippen LogP contribution in [0.25, 0.3) is 11.0 Å². The number of hydrogen-bond donors (Lipinski definition) is 3. The first kappa shape index (κ1) is 12.5. The second-order valence-electron chi connectivity index (χ2n) is 4.83. The Kier molecular flexibility index (Phi) is 2.65. The van der Waals surface area contributed by atoms with Crippen LogP contribution in [0.4, 0.5) is 5.69 Å². The molecule has 4 rings (SSSR count). The Morgan fingerprint density at radius 1 is 1.09 bits per heavy atom. The number of aromatic nitrogens is 2. The Bertz CT molecular complexity index is 941. The van der Waals surface area contributed by atoms with E-state index < -0.39 is 0 Å². The van der Waals surface area contributed by atoms with Gasteiger partial charge >= 0.3 is 5.69 Å². The molecule has 1 amide bonds. The third kappa shape index (κ3) is 1.99. The second kappa shape index (κ2) is 4.66. The zero-order valence-electron chi connectivity index (χ0n) is 11.3. The van der Waals surface area contributed by atoms with E-state index in [4.69, 9.17) is 9.47 Å². The van der Waals surface area contributed by atoms with Crippen molar-refractivity contribution in [1.29, 1.82) is 0 Å². The van der Waals surface area contributed by atoms with E-state index in [2.05, 4.69) is 15.3 Å². The molecule has 1 aliphatic heterocycles. The molecule has 1 aliphatic rings. The van der Waals surface area contributed by atoms with Crippen molar-refractivity contribution in [3.63, 3.8) is 0 Å². The first-order valence-electron chi connectivity index (χ1n) is 6.63. The fraction of sp³-hybridized carbons (Fsp3) is 0.0667. The molecule has 2 heterocycles. The first-order valence-corrected chi connectivity index (χ1v) is 6.63. The van der Waals surface area contributed by atoms with Gasteiger partial charge in [-0.2, -0.15) is 0 Å². The van der Waals surface area contributed by atoms with Gasteiger partial charge in [-0.3, -0.25) is 4.79 Å². The molecule has 22 heavy (non-hydrogen) atoms. The van der Waals surface area contributed by atoms with E-state index in [1.165, 1.54) is 0 Å². The Morgan fingerprint density at radius 3 is 2.86 bits per heavy atom. The summed E-state index contributed by atoms with van der Waals surface area (Å²) in [6.45, 7) is 0.177. The number of fused-ring (bicyclic) bond motifs is 2. The van der Waals surface area contributed by atoms with Crippen LogP contribution in [0.3, 0.4) is 0 Å². The molecule has 7 heteroatoms. The average molecular weight is 297 g/mol. The molecule has 0 saturated carbocycles. The first-order chi connectivity index (χ1) is 10.7. The van der Waals surface area contributed by atoms with E-state index in [1.807, 2.05) is 0 Å². The number of carbonyl (C=O) groups is 1. The predicted octanol–water partition coefficient (Wildman–Crippen LogP) is 1.84. The Balaban J connectivity index is 1.68. The third-order valence-corrected chi connectivity index (χ3v) is 3.43. The van der Waals surface area contributed by atoms with Crippen LogP contribution in [-0.2, 0) is 0 Å². The normalized spacial score (nSPS) is 12.5. The van der Waals surface area contributed by atoms with E-state index in [9.17, 15) is 9.59 Å². The summed E-state index contributed by atoms with van der Waals surface area (Å²) in [5.41, 5.74) is 1.69. The van der Waals surface area contributed by atoms with Gasteiger partial charge in [0.15, 0.2) is 11.5 Å². The van der Waals surface area contributed by atoms with Gasteiger partial charge in [-0.15, -0.1) is 0 Å². The highest BCUT2D eigenvalue weighted by atomic mass is 16.7. The second-order valence-corrected chi connectivity index (χ2v) is 4.83. The summed E-state index contributed by atoms with van der Waals surface area (Å²) >= 11 is 0. The lowest BCUT2D eigenvalue weighted by Crippen LogP contribution is -2.12. The molecule has 7 nitrogen and oxygen atoms in total. The zero-order valence-corrected chi connectivity index (χ0v) is 11.3. The minimum Gasteiger partial charge on any atom is -0.454 e. The van der Waals surface area contributed by atoms with Gasteiger partial charge in [-0.25, -0.2) is 4.79 Å². The van der Waals surface area contributed by atoms with Crippen LogP contribution in [0, 0.1) is 0 Å². The average Bonchev–Trinajstić information content (AvgIpc) is 3.10. The van der Waals surface area contributed by atoms with Gasteiger partial charge in [0.2, 0.25) is 6.79 Å². The molecular formula is C15H11N3O4. The van der Waals surface area contributed by atoms with Gasteiger partial charge in [0.25, 0.3) is 5.91 Å². The summed E-state index contributed by atoms with van der Waals surface area (Å²) in [4.78, 5) is 29.0. The molecule has 2 aromatic carbocycles. The summed E-state index contributed by atoms with van der Waals surface area (Å²) in [7, 11) is 0. The molecule has 110 valence electrons. The minimum atomic E-state index is -0.349. The number of imidazole rings is 1. The highest BCUT2D eigenvalue weighted by Crippen LogP contribution is 2.34. The fourth-order valence-corrected chi connectivity index (χ4v) is 2.42. The quantitative estimate of drug-likeness (QED) is 0.672. The number of anilines is 1. The molecular weight excluding hydrogens is 286 g/mol. The van der Waals surface area contributed by atoms with Crippen molar-refractivity contribution in [2.75, 3.05) is 12.1 Å². The molecule has 0 unspecified atom stereocenters. The molecule has 0 saturated heterocycles. The number of ether oxygens (including phenoxy) is 2. The van der Waals surface area contributed by atoms with E-state index in [0.717, 1.165) is 0 Å². The van der Waals surface area contributed by atoms with Gasteiger partial charge < -0.3 is 24.8 Å². The van der Waals surface area contributed by atoms with E-state index in [0.29, 0.717) is 33.8 Å². The lowest BCUT2D eigenvalue weighted by Gasteiger charge is -2.07. The largest absolute Gasteiger partial charge is 0.454 e. The summed E-state index contributed by atoms with van der Waals surface area (Å²) < 4.78 is 10.5. The third-order valence-electron chi connectivity index (χ3n) is 3.43. The SMILES string of the molecule is O=C(Nc1ccc2c(c1)OCO2)c1cccc2[nH]c(=O)[nH]c12. The van der Waals surface area contributed by atoms with Gasteiger partial charge in [0.05, 0.1) is 16.6 Å². The van der Waals surface area contributed by atoms with Gasteiger partial charge in [0.1, 0.15) is 0 Å². The van der Waals surface area contributed by atoms with Crippen molar-refractivity contribution in [2.24, 2.45) is 0 Å². The van der Waals surface area contributed by atoms with Gasteiger partial charge in [0, 0.05) is 11.8 Å². The molecule has 3 aromatic rings. The molecule has 3 N–H and O–H groups in total. The van der Waals surface area contributed by atoms with Crippen molar-refractivity contribution < 1.29 is 14.3 Å². The van der Waals surface area contributed by atoms with Crippen molar-refractivity contribution in [3.8, 4) is 11.5 Å². The molecule has 0 radical (unpaired) electrons. The number of rotatable bonds is 2. The zero-order chi connectivity index (χ0) is 15.1. The summed E-state index contributed by atoms with van der Waals surface area (Å²) in [6, 6.07) is 10.2. The highest BCUT2D eigenvalue weighted by Gasteiger charge is 2.16. The summed E-state index contributed by atoms with van der Waals surface area (Å²) in [5, 5.41) is 2.78. The standard InChI is InChI=1S/C15H11N3O4/c19-14(9-2-1-3-10-13(9)18-15(20)17-10)16-8-4-5-11-12(6-8)22-7-21-11/h1-6H,7H2,(H,16,19)(H2,17,18,20). The van der Waals surface area contributed by atoms with Crippen LogP contribution >= 0.6 is 0 Å². The Hall–Kier alpha value is -3.22. The topological polar surface area (TPSA) is 96.2 Å². The van der Waals surface area contributed by atoms with Gasteiger partial charge in [-0.1, -0.05) is 6.07 Å². The van der Waals surface area contributed by atoms with E-state index in [1.54, 1.807) is 36.4 Å². The minimum absolute atomic E-state index is 0.177. The maximum atomic E-state index is 12.4. The van der Waals surface area contributed by atoms with Crippen molar-refractivity contribution >= 4 is 22.6 Å². The maximum Gasteiger partial charge on any atom is 0.323 e. The van der Waals surface area contributed by atoms with Crippen LogP contribution in [0.15, 0.2) is 41.2 Å². The van der Waals surface area contributed by atoms with Crippen LogP contribution in [0.5, 0.6) is 11.5 Å². The number of para-hydroxylation sites is 1. The summed E-state index contributed by atoms with van der Waals surface area (Å²) in [5.74, 6) is 0.917. The Morgan fingerprint density at radius 2 is 1.95 bits per heavy atom. The van der Waals surface area contributed by atoms with Crippen LogP contribution in [0.2, 0.25) is 0 Å². The molecule has 0 fully saturated rings. The van der Waals surface area contributed by atoms with Crippen molar-refractivity contribution in [1.82, 2.24) is 9.97 Å². The molecule has 0 aliphatic carbocycles. The van der Waals surface area contributed by atoms with Crippen molar-refractivity contribution in [2.45, 2.75) is 0 Å². The fourth-order valence-electron chi connectivity index (χ4n) is 2.42. The van der Waals surface area contributed by atoms with Crippen LogP contribution in [-0.4, -0.2) is 22.7 Å². The van der Waals surface area contributed by atoms with E-state index in [-0.39, 0.29) is 18.4 Å². The number of carbonyl (C=O) groups excluding carboxylic acids is 1. The van der Waals surface area contributed by atoms with Crippen LogP contribution in [0.1, 0.15) is 10.4 Å². The molecule has 1 aromatic heterocycles. The van der Waals surface area contributed by atoms with E-state index >= 15 is 0 Å². The lowest BCUT2D eigenvalue weighted by molar-refractivity contribution is 0.102. The number of amides is 1. The monoisotopic (exact) mass is 297 g/mol. The Labute approximate surface area is 123 Å². The number of hydrogen-bond acceptors (Lipinski definition) is 4. The lowest BCUT2D eigenvalue weighted by atomic mass is 10.1. The van der Waals surface area contributed by atoms with Crippen molar-refractivity contribution in [3.05, 3.63) is 52.4 Å². The smallest absolute Gasteiger partial charge is 0.323 e. The van der Waals surface area contributed by atoms with Gasteiger partial charge in [-0.05, 0) is 24.3 Å². The van der Waals surface area contributed by atoms with Crippen LogP contribution < -0.4 is 20.5 Å².